The number of imide groups is 1. The Morgan fingerprint density at radius 3 is 2.60 bits per heavy atom. The van der Waals surface area contributed by atoms with Crippen molar-refractivity contribution in [3.8, 4) is 0 Å². The fraction of sp³-hybridized carbons (Fsp3) is 0.125. The highest BCUT2D eigenvalue weighted by Crippen LogP contribution is 2.27. The van der Waals surface area contributed by atoms with E-state index in [4.69, 9.17) is 0 Å². The summed E-state index contributed by atoms with van der Waals surface area (Å²) in [6.45, 7) is 1.75. The number of carbonyl (C=O) groups excluding carboxylic acids is 2. The molecular weight excluding hydrogens is 257 g/mol. The summed E-state index contributed by atoms with van der Waals surface area (Å²) in [6, 6.07) is 11.4. The number of rotatable bonds is 1. The maximum absolute atomic E-state index is 14.0. The topological polar surface area (TPSA) is 37.4 Å². The summed E-state index contributed by atoms with van der Waals surface area (Å²) in [6.07, 6.45) is 0.106. The molecule has 0 radical (unpaired) electrons. The van der Waals surface area contributed by atoms with Gasteiger partial charge < -0.3 is 0 Å². The standard InChI is InChI=1S/C16H12FNO2/c1-10-6-7-14(13(17)8-10)18-15(19)9-11-4-2-3-5-12(11)16(18)20/h2-8H,9H2,1H3. The lowest BCUT2D eigenvalue weighted by molar-refractivity contribution is -0.117. The number of carbonyl (C=O) groups is 2. The quantitative estimate of drug-likeness (QED) is 0.746. The van der Waals surface area contributed by atoms with Gasteiger partial charge in [0.05, 0.1) is 12.1 Å². The minimum atomic E-state index is -0.564. The Hall–Kier alpha value is -2.49. The average Bonchev–Trinajstić information content (AvgIpc) is 2.41. The van der Waals surface area contributed by atoms with E-state index in [0.29, 0.717) is 11.1 Å². The van der Waals surface area contributed by atoms with E-state index >= 15 is 0 Å². The zero-order chi connectivity index (χ0) is 14.3. The molecule has 0 aromatic heterocycles. The smallest absolute Gasteiger partial charge is 0.265 e. The minimum Gasteiger partial charge on any atom is -0.274 e. The van der Waals surface area contributed by atoms with Crippen LogP contribution in [0.15, 0.2) is 42.5 Å². The monoisotopic (exact) mass is 269 g/mol. The molecule has 0 spiro atoms. The van der Waals surface area contributed by atoms with Crippen LogP contribution >= 0.6 is 0 Å². The number of amides is 2. The summed E-state index contributed by atoms with van der Waals surface area (Å²) in [5, 5.41) is 0. The fourth-order valence-corrected chi connectivity index (χ4v) is 2.40. The second-order valence-corrected chi connectivity index (χ2v) is 4.82. The molecule has 100 valence electrons. The van der Waals surface area contributed by atoms with Crippen molar-refractivity contribution in [2.24, 2.45) is 0 Å². The van der Waals surface area contributed by atoms with Crippen molar-refractivity contribution in [3.05, 3.63) is 65.0 Å². The number of anilines is 1. The van der Waals surface area contributed by atoms with Crippen LogP contribution < -0.4 is 4.90 Å². The maximum Gasteiger partial charge on any atom is 0.265 e. The third kappa shape index (κ3) is 1.90. The first kappa shape index (κ1) is 12.5. The Bertz CT molecular complexity index is 724. The molecule has 0 aliphatic carbocycles. The number of hydrogen-bond acceptors (Lipinski definition) is 2. The number of benzene rings is 2. The SMILES string of the molecule is Cc1ccc(N2C(=O)Cc3ccccc3C2=O)c(F)c1. The van der Waals surface area contributed by atoms with Gasteiger partial charge in [0.1, 0.15) is 5.82 Å². The first-order valence-electron chi connectivity index (χ1n) is 6.29. The van der Waals surface area contributed by atoms with Gasteiger partial charge in [0, 0.05) is 5.56 Å². The second kappa shape index (κ2) is 4.56. The Morgan fingerprint density at radius 1 is 1.10 bits per heavy atom. The summed E-state index contributed by atoms with van der Waals surface area (Å²) in [5.41, 5.74) is 1.89. The van der Waals surface area contributed by atoms with Crippen LogP contribution in [-0.4, -0.2) is 11.8 Å². The molecule has 0 N–H and O–H groups in total. The highest BCUT2D eigenvalue weighted by atomic mass is 19.1. The molecule has 1 heterocycles. The maximum atomic E-state index is 14.0. The summed E-state index contributed by atoms with van der Waals surface area (Å²) in [4.78, 5) is 25.5. The van der Waals surface area contributed by atoms with Gasteiger partial charge in [0.15, 0.2) is 0 Å². The molecule has 0 saturated heterocycles. The van der Waals surface area contributed by atoms with Crippen LogP contribution in [-0.2, 0) is 11.2 Å². The van der Waals surface area contributed by atoms with Crippen LogP contribution in [0.5, 0.6) is 0 Å². The van der Waals surface area contributed by atoms with Crippen molar-refractivity contribution < 1.29 is 14.0 Å². The molecule has 2 aromatic rings. The van der Waals surface area contributed by atoms with Gasteiger partial charge in [-0.1, -0.05) is 24.3 Å². The van der Waals surface area contributed by atoms with E-state index in [0.717, 1.165) is 10.5 Å². The Balaban J connectivity index is 2.11. The summed E-state index contributed by atoms with van der Waals surface area (Å²) >= 11 is 0. The van der Waals surface area contributed by atoms with E-state index in [-0.39, 0.29) is 12.1 Å². The third-order valence-electron chi connectivity index (χ3n) is 3.39. The molecule has 2 amide bonds. The molecule has 2 aromatic carbocycles. The van der Waals surface area contributed by atoms with Gasteiger partial charge in [0.2, 0.25) is 5.91 Å². The lowest BCUT2D eigenvalue weighted by Crippen LogP contribution is -2.42. The number of fused-ring (bicyclic) bond motifs is 1. The molecular formula is C16H12FNO2. The number of aryl methyl sites for hydroxylation is 1. The molecule has 3 rings (SSSR count). The van der Waals surface area contributed by atoms with Crippen molar-refractivity contribution in [1.29, 1.82) is 0 Å². The fourth-order valence-electron chi connectivity index (χ4n) is 2.40. The zero-order valence-corrected chi connectivity index (χ0v) is 10.9. The predicted molar refractivity (Wildman–Crippen MR) is 73.1 cm³/mol. The average molecular weight is 269 g/mol. The zero-order valence-electron chi connectivity index (χ0n) is 10.9. The molecule has 1 aliphatic rings. The van der Waals surface area contributed by atoms with E-state index < -0.39 is 17.6 Å². The van der Waals surface area contributed by atoms with Gasteiger partial charge in [-0.25, -0.2) is 9.29 Å². The largest absolute Gasteiger partial charge is 0.274 e. The van der Waals surface area contributed by atoms with Crippen LogP contribution in [0, 0.1) is 12.7 Å². The van der Waals surface area contributed by atoms with Crippen molar-refractivity contribution in [1.82, 2.24) is 0 Å². The summed E-state index contributed by atoms with van der Waals surface area (Å²) < 4.78 is 14.0. The number of nitrogens with zero attached hydrogens (tertiary/aromatic N) is 1. The van der Waals surface area contributed by atoms with Gasteiger partial charge in [-0.15, -0.1) is 0 Å². The van der Waals surface area contributed by atoms with Crippen molar-refractivity contribution >= 4 is 17.5 Å². The molecule has 0 saturated carbocycles. The Labute approximate surface area is 115 Å². The first-order chi connectivity index (χ1) is 9.58. The van der Waals surface area contributed by atoms with Crippen LogP contribution in [0.3, 0.4) is 0 Å². The van der Waals surface area contributed by atoms with E-state index in [9.17, 15) is 14.0 Å². The summed E-state index contributed by atoms with van der Waals surface area (Å²) in [5.74, 6) is -1.44. The van der Waals surface area contributed by atoms with E-state index in [1.807, 2.05) is 0 Å². The van der Waals surface area contributed by atoms with Crippen molar-refractivity contribution in [2.75, 3.05) is 4.90 Å². The molecule has 0 bridgehead atoms. The molecule has 20 heavy (non-hydrogen) atoms. The van der Waals surface area contributed by atoms with Gasteiger partial charge in [-0.05, 0) is 36.2 Å². The van der Waals surface area contributed by atoms with E-state index in [1.54, 1.807) is 37.3 Å². The second-order valence-electron chi connectivity index (χ2n) is 4.82. The normalized spacial score (nSPS) is 14.4. The molecule has 1 aliphatic heterocycles. The lowest BCUT2D eigenvalue weighted by atomic mass is 9.98. The van der Waals surface area contributed by atoms with Crippen molar-refractivity contribution in [2.45, 2.75) is 13.3 Å². The number of hydrogen-bond donors (Lipinski definition) is 0. The van der Waals surface area contributed by atoms with Crippen LogP contribution in [0.4, 0.5) is 10.1 Å². The first-order valence-corrected chi connectivity index (χ1v) is 6.29. The van der Waals surface area contributed by atoms with E-state index in [2.05, 4.69) is 0 Å². The molecule has 0 fully saturated rings. The minimum absolute atomic E-state index is 0.0140. The number of halogens is 1. The highest BCUT2D eigenvalue weighted by molar-refractivity contribution is 6.24. The molecule has 4 heteroatoms. The Morgan fingerprint density at radius 2 is 1.85 bits per heavy atom. The van der Waals surface area contributed by atoms with E-state index in [1.165, 1.54) is 12.1 Å². The molecule has 0 atom stereocenters. The highest BCUT2D eigenvalue weighted by Gasteiger charge is 2.33. The summed E-state index contributed by atoms with van der Waals surface area (Å²) in [7, 11) is 0. The van der Waals surface area contributed by atoms with Gasteiger partial charge in [-0.2, -0.15) is 0 Å². The van der Waals surface area contributed by atoms with Crippen LogP contribution in [0.1, 0.15) is 21.5 Å². The van der Waals surface area contributed by atoms with Gasteiger partial charge in [-0.3, -0.25) is 9.59 Å². The van der Waals surface area contributed by atoms with Gasteiger partial charge >= 0.3 is 0 Å². The van der Waals surface area contributed by atoms with Crippen LogP contribution in [0.2, 0.25) is 0 Å². The predicted octanol–water partition coefficient (Wildman–Crippen LogP) is 2.86. The molecule has 0 unspecified atom stereocenters. The van der Waals surface area contributed by atoms with Crippen LogP contribution in [0.25, 0.3) is 0 Å². The Kier molecular flexibility index (Phi) is 2.86. The van der Waals surface area contributed by atoms with Crippen molar-refractivity contribution in [3.63, 3.8) is 0 Å². The molecule has 3 nitrogen and oxygen atoms in total. The van der Waals surface area contributed by atoms with Gasteiger partial charge in [0.25, 0.3) is 5.91 Å². The lowest BCUT2D eigenvalue weighted by Gasteiger charge is -2.27. The third-order valence-corrected chi connectivity index (χ3v) is 3.39.